The smallest absolute Gasteiger partial charge is 0.159 e. The van der Waals surface area contributed by atoms with E-state index in [2.05, 4.69) is 5.32 Å². The Morgan fingerprint density at radius 1 is 1.11 bits per heavy atom. The van der Waals surface area contributed by atoms with Gasteiger partial charge < -0.3 is 5.32 Å². The molecular formula is C15H17NO2. The molecule has 2 atom stereocenters. The Kier molecular flexibility index (Phi) is 2.19. The molecule has 2 saturated carbocycles. The third-order valence-corrected chi connectivity index (χ3v) is 4.56. The first kappa shape index (κ1) is 11.5. The van der Waals surface area contributed by atoms with E-state index in [-0.39, 0.29) is 22.9 Å². The molecule has 3 heteroatoms. The summed E-state index contributed by atoms with van der Waals surface area (Å²) < 4.78 is 0. The normalized spacial score (nSPS) is 32.9. The fraction of sp³-hybridized carbons (Fsp3) is 0.467. The van der Waals surface area contributed by atoms with Crippen molar-refractivity contribution in [2.45, 2.75) is 32.2 Å². The Morgan fingerprint density at radius 3 is 2.44 bits per heavy atom. The van der Waals surface area contributed by atoms with Crippen LogP contribution in [0.1, 0.15) is 26.7 Å². The van der Waals surface area contributed by atoms with Crippen LogP contribution >= 0.6 is 0 Å². The van der Waals surface area contributed by atoms with Crippen molar-refractivity contribution in [2.75, 3.05) is 5.32 Å². The van der Waals surface area contributed by atoms with E-state index in [0.29, 0.717) is 12.8 Å². The summed E-state index contributed by atoms with van der Waals surface area (Å²) in [5, 5.41) is 3.33. The van der Waals surface area contributed by atoms with E-state index in [1.807, 2.05) is 44.2 Å². The van der Waals surface area contributed by atoms with Crippen LogP contribution in [-0.4, -0.2) is 17.1 Å². The zero-order chi connectivity index (χ0) is 13.0. The van der Waals surface area contributed by atoms with Crippen molar-refractivity contribution >= 4 is 17.3 Å². The Hall–Kier alpha value is -1.64. The lowest BCUT2D eigenvalue weighted by molar-refractivity contribution is -0.130. The predicted octanol–water partition coefficient (Wildman–Crippen LogP) is 2.43. The fourth-order valence-corrected chi connectivity index (χ4v) is 3.56. The van der Waals surface area contributed by atoms with Gasteiger partial charge in [0.25, 0.3) is 0 Å². The molecule has 0 radical (unpaired) electrons. The van der Waals surface area contributed by atoms with Gasteiger partial charge >= 0.3 is 0 Å². The van der Waals surface area contributed by atoms with Crippen molar-refractivity contribution < 1.29 is 9.59 Å². The molecule has 1 aromatic rings. The van der Waals surface area contributed by atoms with Crippen LogP contribution in [0.5, 0.6) is 0 Å². The molecule has 3 rings (SSSR count). The van der Waals surface area contributed by atoms with Crippen LogP contribution in [0.4, 0.5) is 5.69 Å². The quantitative estimate of drug-likeness (QED) is 0.867. The second-order valence-electron chi connectivity index (χ2n) is 5.84. The molecule has 1 aromatic carbocycles. The van der Waals surface area contributed by atoms with Crippen LogP contribution in [0.2, 0.25) is 0 Å². The highest BCUT2D eigenvalue weighted by atomic mass is 16.1. The summed E-state index contributed by atoms with van der Waals surface area (Å²) in [6.45, 7) is 4.02. The number of anilines is 1. The van der Waals surface area contributed by atoms with E-state index in [1.165, 1.54) is 0 Å². The van der Waals surface area contributed by atoms with Gasteiger partial charge in [-0.05, 0) is 12.1 Å². The number of hydrogen-bond donors (Lipinski definition) is 1. The van der Waals surface area contributed by atoms with Gasteiger partial charge in [-0.3, -0.25) is 9.59 Å². The van der Waals surface area contributed by atoms with Crippen molar-refractivity contribution in [1.29, 1.82) is 0 Å². The third-order valence-electron chi connectivity index (χ3n) is 4.56. The summed E-state index contributed by atoms with van der Waals surface area (Å²) in [7, 11) is 0. The second-order valence-corrected chi connectivity index (χ2v) is 5.84. The summed E-state index contributed by atoms with van der Waals surface area (Å²) >= 11 is 0. The van der Waals surface area contributed by atoms with Crippen LogP contribution < -0.4 is 5.32 Å². The molecule has 0 aliphatic heterocycles. The van der Waals surface area contributed by atoms with Crippen molar-refractivity contribution in [3.8, 4) is 0 Å². The van der Waals surface area contributed by atoms with Gasteiger partial charge in [0.2, 0.25) is 0 Å². The largest absolute Gasteiger partial charge is 0.372 e. The second kappa shape index (κ2) is 3.44. The maximum atomic E-state index is 12.3. The van der Waals surface area contributed by atoms with E-state index in [9.17, 15) is 9.59 Å². The number of benzene rings is 1. The van der Waals surface area contributed by atoms with Crippen molar-refractivity contribution in [3.63, 3.8) is 0 Å². The SMILES string of the molecule is CC1(C)C2C(=O)CCC(=O)C21Nc1ccccc1. The molecule has 0 spiro atoms. The molecule has 0 bridgehead atoms. The minimum atomic E-state index is -0.663. The van der Waals surface area contributed by atoms with Crippen molar-refractivity contribution in [3.05, 3.63) is 30.3 Å². The first-order valence-electron chi connectivity index (χ1n) is 6.39. The number of hydrogen-bond acceptors (Lipinski definition) is 3. The zero-order valence-corrected chi connectivity index (χ0v) is 10.7. The average Bonchev–Trinajstić information content (AvgIpc) is 2.84. The Balaban J connectivity index is 1.98. The van der Waals surface area contributed by atoms with Crippen molar-refractivity contribution in [1.82, 2.24) is 0 Å². The number of nitrogens with one attached hydrogen (secondary N) is 1. The molecule has 0 heterocycles. The molecule has 2 unspecified atom stereocenters. The number of rotatable bonds is 2. The number of para-hydroxylation sites is 1. The first-order valence-corrected chi connectivity index (χ1v) is 6.39. The summed E-state index contributed by atoms with van der Waals surface area (Å²) in [5.74, 6) is 0.246. The molecule has 94 valence electrons. The molecule has 2 aliphatic carbocycles. The van der Waals surface area contributed by atoms with Crippen LogP contribution in [0.3, 0.4) is 0 Å². The highest BCUT2D eigenvalue weighted by Crippen LogP contribution is 2.66. The Labute approximate surface area is 107 Å². The van der Waals surface area contributed by atoms with Crippen LogP contribution in [-0.2, 0) is 9.59 Å². The average molecular weight is 243 g/mol. The molecule has 2 aliphatic rings. The van der Waals surface area contributed by atoms with E-state index in [4.69, 9.17) is 0 Å². The lowest BCUT2D eigenvalue weighted by atomic mass is 9.92. The van der Waals surface area contributed by atoms with Gasteiger partial charge in [-0.1, -0.05) is 32.0 Å². The lowest BCUT2D eigenvalue weighted by Gasteiger charge is -2.24. The Morgan fingerprint density at radius 2 is 1.78 bits per heavy atom. The minimum absolute atomic E-state index is 0.161. The van der Waals surface area contributed by atoms with E-state index in [0.717, 1.165) is 5.69 Å². The van der Waals surface area contributed by atoms with Crippen LogP contribution in [0.25, 0.3) is 0 Å². The van der Waals surface area contributed by atoms with E-state index >= 15 is 0 Å². The summed E-state index contributed by atoms with van der Waals surface area (Å²) in [6, 6.07) is 9.67. The molecule has 18 heavy (non-hydrogen) atoms. The van der Waals surface area contributed by atoms with Gasteiger partial charge in [0.15, 0.2) is 5.78 Å². The van der Waals surface area contributed by atoms with Gasteiger partial charge in [0.05, 0.1) is 5.92 Å². The molecule has 2 fully saturated rings. The molecule has 1 N–H and O–H groups in total. The molecule has 0 amide bonds. The molecule has 3 nitrogen and oxygen atoms in total. The number of ketones is 2. The maximum absolute atomic E-state index is 12.3. The van der Waals surface area contributed by atoms with Gasteiger partial charge in [-0.15, -0.1) is 0 Å². The van der Waals surface area contributed by atoms with Crippen LogP contribution in [0.15, 0.2) is 30.3 Å². The number of fused-ring (bicyclic) bond motifs is 1. The summed E-state index contributed by atoms with van der Waals surface area (Å²) in [6.07, 6.45) is 0.781. The maximum Gasteiger partial charge on any atom is 0.159 e. The van der Waals surface area contributed by atoms with E-state index in [1.54, 1.807) is 0 Å². The standard InChI is InChI=1S/C15H17NO2/c1-14(2)13-11(17)8-9-12(18)15(13,14)16-10-6-4-3-5-7-10/h3-7,13,16H,8-9H2,1-2H3. The molecule has 0 aromatic heterocycles. The summed E-state index contributed by atoms with van der Waals surface area (Å²) in [4.78, 5) is 24.3. The van der Waals surface area contributed by atoms with Crippen molar-refractivity contribution in [2.24, 2.45) is 11.3 Å². The molecular weight excluding hydrogens is 226 g/mol. The fourth-order valence-electron chi connectivity index (χ4n) is 3.56. The van der Waals surface area contributed by atoms with Gasteiger partial charge in [-0.2, -0.15) is 0 Å². The molecule has 0 saturated heterocycles. The van der Waals surface area contributed by atoms with Gasteiger partial charge in [0, 0.05) is 23.9 Å². The first-order chi connectivity index (χ1) is 8.50. The summed E-state index contributed by atoms with van der Waals surface area (Å²) in [5.41, 5.74) is -0.0203. The third kappa shape index (κ3) is 1.25. The monoisotopic (exact) mass is 243 g/mol. The highest BCUT2D eigenvalue weighted by Gasteiger charge is 2.78. The number of carbonyl (C=O) groups is 2. The predicted molar refractivity (Wildman–Crippen MR) is 69.3 cm³/mol. The topological polar surface area (TPSA) is 46.2 Å². The Bertz CT molecular complexity index is 521. The minimum Gasteiger partial charge on any atom is -0.372 e. The van der Waals surface area contributed by atoms with Crippen LogP contribution in [0, 0.1) is 11.3 Å². The highest BCUT2D eigenvalue weighted by molar-refractivity contribution is 6.10. The van der Waals surface area contributed by atoms with Gasteiger partial charge in [0.1, 0.15) is 11.3 Å². The zero-order valence-electron chi connectivity index (χ0n) is 10.7. The number of Topliss-reactive ketones (excluding diaryl/α,β-unsaturated/α-hetero) is 2. The lowest BCUT2D eigenvalue weighted by Crippen LogP contribution is -2.41. The van der Waals surface area contributed by atoms with Gasteiger partial charge in [-0.25, -0.2) is 0 Å². The number of carbonyl (C=O) groups excluding carboxylic acids is 2. The van der Waals surface area contributed by atoms with E-state index < -0.39 is 5.54 Å².